The lowest BCUT2D eigenvalue weighted by Crippen LogP contribution is -2.30. The molecular formula is C17H11Br2NO5. The molecule has 0 aromatic heterocycles. The van der Waals surface area contributed by atoms with Crippen LogP contribution in [0, 0.1) is 0 Å². The second-order valence-corrected chi connectivity index (χ2v) is 6.68. The van der Waals surface area contributed by atoms with Gasteiger partial charge in [-0.25, -0.2) is 9.59 Å². The molecule has 1 aliphatic rings. The predicted molar refractivity (Wildman–Crippen MR) is 96.3 cm³/mol. The first-order chi connectivity index (χ1) is 12.1. The summed E-state index contributed by atoms with van der Waals surface area (Å²) in [5, 5.41) is 3.65. The third-order valence-electron chi connectivity index (χ3n) is 3.29. The zero-order chi connectivity index (χ0) is 17.8. The Morgan fingerprint density at radius 1 is 0.960 bits per heavy atom. The average molecular weight is 469 g/mol. The van der Waals surface area contributed by atoms with E-state index in [2.05, 4.69) is 37.0 Å². The first-order valence-corrected chi connectivity index (χ1v) is 8.77. The summed E-state index contributed by atoms with van der Waals surface area (Å²) >= 11 is 6.57. The second kappa shape index (κ2) is 7.79. The van der Waals surface area contributed by atoms with E-state index < -0.39 is 18.0 Å². The number of ether oxygens (including phenoxy) is 2. The van der Waals surface area contributed by atoms with Crippen LogP contribution >= 0.6 is 31.9 Å². The van der Waals surface area contributed by atoms with Gasteiger partial charge in [0.25, 0.3) is 5.90 Å². The molecule has 128 valence electrons. The van der Waals surface area contributed by atoms with Crippen molar-refractivity contribution in [2.45, 2.75) is 6.10 Å². The fourth-order valence-corrected chi connectivity index (χ4v) is 2.96. The van der Waals surface area contributed by atoms with Gasteiger partial charge >= 0.3 is 11.9 Å². The van der Waals surface area contributed by atoms with Crippen molar-refractivity contribution in [1.29, 1.82) is 0 Å². The summed E-state index contributed by atoms with van der Waals surface area (Å²) in [5.41, 5.74) is 0.680. The van der Waals surface area contributed by atoms with E-state index in [4.69, 9.17) is 14.3 Å². The molecule has 1 unspecified atom stereocenters. The Labute approximate surface area is 160 Å². The van der Waals surface area contributed by atoms with Crippen LogP contribution in [0.5, 0.6) is 0 Å². The van der Waals surface area contributed by atoms with Crippen LogP contribution in [0.1, 0.15) is 20.7 Å². The number of rotatable bonds is 3. The molecule has 1 heterocycles. The van der Waals surface area contributed by atoms with Gasteiger partial charge in [0.2, 0.25) is 6.10 Å². The van der Waals surface area contributed by atoms with Crippen LogP contribution in [-0.4, -0.2) is 30.5 Å². The third-order valence-corrected chi connectivity index (χ3v) is 4.67. The SMILES string of the molecule is O=C(OC1=NOCC1OC(=O)c1ccccc1Br)c1ccccc1Br. The maximum Gasteiger partial charge on any atom is 0.346 e. The predicted octanol–water partition coefficient (Wildman–Crippen LogP) is 3.94. The Bertz CT molecular complexity index is 852. The standard InChI is InChI=1S/C17H11Br2NO5/c18-12-7-3-1-5-10(12)16(21)24-14-9-23-20-15(14)25-17(22)11-6-2-4-8-13(11)19/h1-8,14H,9H2. The van der Waals surface area contributed by atoms with Crippen molar-refractivity contribution in [3.05, 3.63) is 68.6 Å². The molecule has 2 aromatic carbocycles. The van der Waals surface area contributed by atoms with Crippen molar-refractivity contribution < 1.29 is 23.9 Å². The van der Waals surface area contributed by atoms with E-state index in [1.807, 2.05) is 0 Å². The van der Waals surface area contributed by atoms with E-state index >= 15 is 0 Å². The highest BCUT2D eigenvalue weighted by atomic mass is 79.9. The van der Waals surface area contributed by atoms with Crippen molar-refractivity contribution >= 4 is 49.7 Å². The van der Waals surface area contributed by atoms with Crippen LogP contribution in [0.15, 0.2) is 62.6 Å². The van der Waals surface area contributed by atoms with Crippen molar-refractivity contribution in [3.8, 4) is 0 Å². The third kappa shape index (κ3) is 4.08. The van der Waals surface area contributed by atoms with Gasteiger partial charge < -0.3 is 14.3 Å². The molecular weight excluding hydrogens is 458 g/mol. The summed E-state index contributed by atoms with van der Waals surface area (Å²) in [6.45, 7) is -0.0191. The number of nitrogens with zero attached hydrogens (tertiary/aromatic N) is 1. The van der Waals surface area contributed by atoms with Crippen molar-refractivity contribution in [2.24, 2.45) is 5.16 Å². The Kier molecular flexibility index (Phi) is 5.50. The molecule has 0 saturated heterocycles. The molecule has 3 rings (SSSR count). The Hall–Kier alpha value is -2.19. The fraction of sp³-hybridized carbons (Fsp3) is 0.118. The smallest absolute Gasteiger partial charge is 0.346 e. The van der Waals surface area contributed by atoms with Crippen molar-refractivity contribution in [2.75, 3.05) is 6.61 Å². The highest BCUT2D eigenvalue weighted by molar-refractivity contribution is 9.10. The van der Waals surface area contributed by atoms with Gasteiger partial charge in [0.15, 0.2) is 6.61 Å². The maximum atomic E-state index is 12.3. The van der Waals surface area contributed by atoms with Gasteiger partial charge in [-0.1, -0.05) is 24.3 Å². The lowest BCUT2D eigenvalue weighted by molar-refractivity contribution is 0.0261. The molecule has 1 aliphatic heterocycles. The van der Waals surface area contributed by atoms with Gasteiger partial charge in [0, 0.05) is 8.95 Å². The molecule has 6 nitrogen and oxygen atoms in total. The number of carbonyl (C=O) groups excluding carboxylic acids is 2. The second-order valence-electron chi connectivity index (χ2n) is 4.97. The number of hydrogen-bond donors (Lipinski definition) is 0. The summed E-state index contributed by atoms with van der Waals surface area (Å²) in [5.74, 6) is -1.30. The van der Waals surface area contributed by atoms with Gasteiger partial charge in [0.1, 0.15) is 0 Å². The molecule has 2 aromatic rings. The molecule has 8 heteroatoms. The summed E-state index contributed by atoms with van der Waals surface area (Å²) < 4.78 is 11.8. The molecule has 0 radical (unpaired) electrons. The van der Waals surface area contributed by atoms with Gasteiger partial charge in [-0.2, -0.15) is 0 Å². The zero-order valence-electron chi connectivity index (χ0n) is 12.6. The van der Waals surface area contributed by atoms with E-state index in [-0.39, 0.29) is 12.5 Å². The maximum absolute atomic E-state index is 12.3. The number of esters is 2. The van der Waals surface area contributed by atoms with Gasteiger partial charge in [-0.3, -0.25) is 0 Å². The number of halogens is 2. The summed E-state index contributed by atoms with van der Waals surface area (Å²) in [6.07, 6.45) is -0.897. The number of benzene rings is 2. The van der Waals surface area contributed by atoms with E-state index in [0.29, 0.717) is 20.1 Å². The highest BCUT2D eigenvalue weighted by Crippen LogP contribution is 2.21. The van der Waals surface area contributed by atoms with Crippen LogP contribution in [-0.2, 0) is 14.3 Å². The minimum Gasteiger partial charge on any atom is -0.445 e. The summed E-state index contributed by atoms with van der Waals surface area (Å²) in [7, 11) is 0. The van der Waals surface area contributed by atoms with Crippen LogP contribution in [0.25, 0.3) is 0 Å². The average Bonchev–Trinajstić information content (AvgIpc) is 3.02. The van der Waals surface area contributed by atoms with Crippen LogP contribution in [0.2, 0.25) is 0 Å². The monoisotopic (exact) mass is 467 g/mol. The number of hydrogen-bond acceptors (Lipinski definition) is 6. The molecule has 0 bridgehead atoms. The van der Waals surface area contributed by atoms with Gasteiger partial charge in [-0.05, 0) is 61.3 Å². The Morgan fingerprint density at radius 3 is 2.12 bits per heavy atom. The van der Waals surface area contributed by atoms with Crippen LogP contribution in [0.3, 0.4) is 0 Å². The largest absolute Gasteiger partial charge is 0.445 e. The van der Waals surface area contributed by atoms with Crippen molar-refractivity contribution in [3.63, 3.8) is 0 Å². The molecule has 0 fully saturated rings. The molecule has 0 saturated carbocycles. The normalized spacial score (nSPS) is 15.9. The minimum absolute atomic E-state index is 0.0191. The van der Waals surface area contributed by atoms with Crippen LogP contribution in [0.4, 0.5) is 0 Å². The fourth-order valence-electron chi connectivity index (χ4n) is 2.06. The molecule has 0 N–H and O–H groups in total. The van der Waals surface area contributed by atoms with E-state index in [0.717, 1.165) is 0 Å². The Morgan fingerprint density at radius 2 is 1.52 bits per heavy atom. The quantitative estimate of drug-likeness (QED) is 0.638. The number of carbonyl (C=O) groups is 2. The minimum atomic E-state index is -0.897. The molecule has 1 atom stereocenters. The van der Waals surface area contributed by atoms with Crippen molar-refractivity contribution in [1.82, 2.24) is 0 Å². The van der Waals surface area contributed by atoms with E-state index in [1.54, 1.807) is 48.5 Å². The topological polar surface area (TPSA) is 74.2 Å². The highest BCUT2D eigenvalue weighted by Gasteiger charge is 2.32. The van der Waals surface area contributed by atoms with E-state index in [1.165, 1.54) is 0 Å². The Balaban J connectivity index is 1.69. The first-order valence-electron chi connectivity index (χ1n) is 7.18. The number of oxime groups is 1. The first kappa shape index (κ1) is 17.6. The molecule has 0 amide bonds. The summed E-state index contributed by atoms with van der Waals surface area (Å²) in [4.78, 5) is 29.4. The van der Waals surface area contributed by atoms with E-state index in [9.17, 15) is 9.59 Å². The van der Waals surface area contributed by atoms with Crippen LogP contribution < -0.4 is 0 Å². The summed E-state index contributed by atoms with van der Waals surface area (Å²) in [6, 6.07) is 13.6. The zero-order valence-corrected chi connectivity index (χ0v) is 15.8. The molecule has 0 aliphatic carbocycles. The van der Waals surface area contributed by atoms with Gasteiger partial charge in [0.05, 0.1) is 11.1 Å². The molecule has 25 heavy (non-hydrogen) atoms. The lowest BCUT2D eigenvalue weighted by Gasteiger charge is -2.13. The van der Waals surface area contributed by atoms with Gasteiger partial charge in [-0.15, -0.1) is 0 Å². The molecule has 0 spiro atoms. The lowest BCUT2D eigenvalue weighted by atomic mass is 10.2.